The Labute approximate surface area is 247 Å². The number of urea groups is 1. The van der Waals surface area contributed by atoms with Crippen LogP contribution in [0.2, 0.25) is 0 Å². The minimum Gasteiger partial charge on any atom is -0.378 e. The molecule has 1 aliphatic carbocycles. The van der Waals surface area contributed by atoms with Crippen molar-refractivity contribution in [3.63, 3.8) is 0 Å². The predicted molar refractivity (Wildman–Crippen MR) is 162 cm³/mol. The van der Waals surface area contributed by atoms with E-state index in [9.17, 15) is 18.0 Å². The van der Waals surface area contributed by atoms with Gasteiger partial charge in [0.1, 0.15) is 0 Å². The van der Waals surface area contributed by atoms with Crippen LogP contribution in [0.5, 0.6) is 0 Å². The molecule has 3 heterocycles. The van der Waals surface area contributed by atoms with Gasteiger partial charge in [-0.25, -0.2) is 9.52 Å². The maximum absolute atomic E-state index is 13.3. The van der Waals surface area contributed by atoms with Crippen molar-refractivity contribution in [2.24, 2.45) is 0 Å². The maximum Gasteiger partial charge on any atom is 0.317 e. The van der Waals surface area contributed by atoms with Gasteiger partial charge in [0, 0.05) is 55.8 Å². The summed E-state index contributed by atoms with van der Waals surface area (Å²) >= 11 is 0. The zero-order valence-electron chi connectivity index (χ0n) is 24.3. The standard InChI is InChI=1S/C31H39N5O5S/c1-34(2)42(39,40)33-30(37)23-12-13-26-27(19-23)36-20-24(32-31(38)35-14-16-41-17-15-35)18-22-10-6-7-11-25(22)29(36)28(26)21-8-4-3-5-9-21/h6-7,10-13,19,21,24H,3-5,8-9,14-18,20H2,1-2H3,(H,32,38)(H,33,37)/t24-/m0/s1. The van der Waals surface area contributed by atoms with E-state index in [2.05, 4.69) is 32.8 Å². The minimum atomic E-state index is -3.94. The van der Waals surface area contributed by atoms with Crippen LogP contribution >= 0.6 is 0 Å². The SMILES string of the molecule is CN(C)S(=O)(=O)NC(=O)c1ccc2c(C3CCCCC3)c3n(c2c1)C[C@@H](NC(=O)N1CCOCC1)Cc1ccccc1-3. The van der Waals surface area contributed by atoms with Gasteiger partial charge in [-0.1, -0.05) is 49.6 Å². The quantitative estimate of drug-likeness (QED) is 0.467. The van der Waals surface area contributed by atoms with Gasteiger partial charge in [-0.3, -0.25) is 4.79 Å². The van der Waals surface area contributed by atoms with Gasteiger partial charge in [-0.05, 0) is 48.4 Å². The van der Waals surface area contributed by atoms with Crippen LogP contribution in [0.25, 0.3) is 22.2 Å². The second-order valence-electron chi connectivity index (χ2n) is 11.8. The van der Waals surface area contributed by atoms with Crippen LogP contribution in [0.4, 0.5) is 4.79 Å². The lowest BCUT2D eigenvalue weighted by atomic mass is 9.81. The molecule has 3 aromatic rings. The summed E-state index contributed by atoms with van der Waals surface area (Å²) in [4.78, 5) is 28.2. The fourth-order valence-corrected chi connectivity index (χ4v) is 7.21. The van der Waals surface area contributed by atoms with E-state index in [1.807, 2.05) is 12.1 Å². The van der Waals surface area contributed by atoms with Gasteiger partial charge in [0.25, 0.3) is 5.91 Å². The van der Waals surface area contributed by atoms with Gasteiger partial charge >= 0.3 is 16.2 Å². The molecular weight excluding hydrogens is 554 g/mol. The molecular formula is C31H39N5O5S. The number of ether oxygens (including phenoxy) is 1. The van der Waals surface area contributed by atoms with Crippen molar-refractivity contribution in [1.82, 2.24) is 23.8 Å². The number of amides is 3. The molecule has 3 amide bonds. The van der Waals surface area contributed by atoms with Gasteiger partial charge in [0.2, 0.25) is 0 Å². The Morgan fingerprint density at radius 2 is 1.74 bits per heavy atom. The summed E-state index contributed by atoms with van der Waals surface area (Å²) in [5.74, 6) is -0.287. The summed E-state index contributed by atoms with van der Waals surface area (Å²) in [7, 11) is -1.18. The van der Waals surface area contributed by atoms with Gasteiger partial charge in [-0.2, -0.15) is 12.7 Å². The molecule has 2 fully saturated rings. The Morgan fingerprint density at radius 1 is 1.00 bits per heavy atom. The highest BCUT2D eigenvalue weighted by Crippen LogP contribution is 2.46. The lowest BCUT2D eigenvalue weighted by Crippen LogP contribution is -2.50. The fraction of sp³-hybridized carbons (Fsp3) is 0.484. The van der Waals surface area contributed by atoms with Crippen LogP contribution in [0.15, 0.2) is 42.5 Å². The van der Waals surface area contributed by atoms with Gasteiger partial charge < -0.3 is 19.5 Å². The van der Waals surface area contributed by atoms with E-state index in [0.717, 1.165) is 39.3 Å². The molecule has 2 aliphatic heterocycles. The molecule has 6 rings (SSSR count). The van der Waals surface area contributed by atoms with E-state index in [0.29, 0.717) is 45.2 Å². The Morgan fingerprint density at radius 3 is 2.48 bits per heavy atom. The number of carbonyl (C=O) groups excluding carboxylic acids is 2. The van der Waals surface area contributed by atoms with Crippen molar-refractivity contribution in [3.8, 4) is 11.3 Å². The number of benzene rings is 2. The zero-order chi connectivity index (χ0) is 29.4. The summed E-state index contributed by atoms with van der Waals surface area (Å²) in [6, 6.07) is 13.6. The largest absolute Gasteiger partial charge is 0.378 e. The van der Waals surface area contributed by atoms with E-state index in [1.165, 1.54) is 44.5 Å². The average molecular weight is 594 g/mol. The van der Waals surface area contributed by atoms with Crippen molar-refractivity contribution in [1.29, 1.82) is 0 Å². The second-order valence-corrected chi connectivity index (χ2v) is 13.7. The molecule has 224 valence electrons. The van der Waals surface area contributed by atoms with Crippen LogP contribution < -0.4 is 10.0 Å². The van der Waals surface area contributed by atoms with E-state index < -0.39 is 16.1 Å². The number of hydrogen-bond donors (Lipinski definition) is 2. The summed E-state index contributed by atoms with van der Waals surface area (Å²) in [5, 5.41) is 4.37. The van der Waals surface area contributed by atoms with Crippen LogP contribution in [-0.4, -0.2) is 80.6 Å². The zero-order valence-corrected chi connectivity index (χ0v) is 25.1. The van der Waals surface area contributed by atoms with Crippen LogP contribution in [-0.2, 0) is 27.9 Å². The highest BCUT2D eigenvalue weighted by Gasteiger charge is 2.32. The number of nitrogens with one attached hydrogen (secondary N) is 2. The molecule has 2 N–H and O–H groups in total. The third-order valence-corrected chi connectivity index (χ3v) is 10.3. The summed E-state index contributed by atoms with van der Waals surface area (Å²) in [5.41, 5.74) is 5.92. The van der Waals surface area contributed by atoms with Crippen molar-refractivity contribution >= 4 is 33.1 Å². The topological polar surface area (TPSA) is 113 Å². The van der Waals surface area contributed by atoms with Gasteiger partial charge in [0.05, 0.1) is 24.9 Å². The molecule has 1 atom stereocenters. The van der Waals surface area contributed by atoms with Crippen molar-refractivity contribution < 1.29 is 22.7 Å². The third-order valence-electron chi connectivity index (χ3n) is 8.85. The monoisotopic (exact) mass is 593 g/mol. The molecule has 11 heteroatoms. The van der Waals surface area contributed by atoms with E-state index in [-0.39, 0.29) is 17.6 Å². The first-order valence-electron chi connectivity index (χ1n) is 14.8. The Bertz CT molecular complexity index is 1600. The molecule has 10 nitrogen and oxygen atoms in total. The summed E-state index contributed by atoms with van der Waals surface area (Å²) in [6.45, 7) is 2.73. The molecule has 3 aliphatic rings. The molecule has 2 aromatic carbocycles. The molecule has 1 aromatic heterocycles. The number of aromatic nitrogens is 1. The van der Waals surface area contributed by atoms with E-state index >= 15 is 0 Å². The lowest BCUT2D eigenvalue weighted by molar-refractivity contribution is 0.0524. The van der Waals surface area contributed by atoms with Crippen molar-refractivity contribution in [2.75, 3.05) is 40.4 Å². The Kier molecular flexibility index (Phi) is 7.99. The first kappa shape index (κ1) is 28.7. The second kappa shape index (κ2) is 11.7. The number of nitrogens with zero attached hydrogens (tertiary/aromatic N) is 3. The van der Waals surface area contributed by atoms with E-state index in [1.54, 1.807) is 17.0 Å². The molecule has 0 radical (unpaired) electrons. The van der Waals surface area contributed by atoms with Crippen molar-refractivity contribution in [3.05, 3.63) is 59.2 Å². The number of morpholine rings is 1. The lowest BCUT2D eigenvalue weighted by Gasteiger charge is -2.29. The Hall–Kier alpha value is -3.41. The highest BCUT2D eigenvalue weighted by atomic mass is 32.2. The highest BCUT2D eigenvalue weighted by molar-refractivity contribution is 7.87. The number of hydrogen-bond acceptors (Lipinski definition) is 5. The third kappa shape index (κ3) is 5.52. The Balaban J connectivity index is 1.47. The van der Waals surface area contributed by atoms with Crippen molar-refractivity contribution in [2.45, 2.75) is 57.0 Å². The van der Waals surface area contributed by atoms with Crippen LogP contribution in [0.1, 0.15) is 59.5 Å². The number of rotatable bonds is 5. The fourth-order valence-electron chi connectivity index (χ4n) is 6.68. The molecule has 0 unspecified atom stereocenters. The molecule has 42 heavy (non-hydrogen) atoms. The van der Waals surface area contributed by atoms with Crippen LogP contribution in [0, 0.1) is 0 Å². The molecule has 0 bridgehead atoms. The molecule has 0 spiro atoms. The van der Waals surface area contributed by atoms with Gasteiger partial charge in [-0.15, -0.1) is 0 Å². The number of fused-ring (bicyclic) bond motifs is 5. The smallest absolute Gasteiger partial charge is 0.317 e. The predicted octanol–water partition coefficient (Wildman–Crippen LogP) is 3.86. The summed E-state index contributed by atoms with van der Waals surface area (Å²) < 4.78 is 35.7. The van der Waals surface area contributed by atoms with E-state index in [4.69, 9.17) is 4.74 Å². The minimum absolute atomic E-state index is 0.0952. The number of carbonyl (C=O) groups is 2. The first-order chi connectivity index (χ1) is 20.2. The first-order valence-corrected chi connectivity index (χ1v) is 16.3. The molecule has 1 saturated carbocycles. The summed E-state index contributed by atoms with van der Waals surface area (Å²) in [6.07, 6.45) is 6.49. The average Bonchev–Trinajstić information content (AvgIpc) is 3.21. The van der Waals surface area contributed by atoms with Gasteiger partial charge in [0.15, 0.2) is 0 Å². The normalized spacial score (nSPS) is 19.7. The molecule has 1 saturated heterocycles. The van der Waals surface area contributed by atoms with Crippen LogP contribution in [0.3, 0.4) is 0 Å². The maximum atomic E-state index is 13.3.